The van der Waals surface area contributed by atoms with Gasteiger partial charge in [0.25, 0.3) is 5.56 Å². The number of aromatic nitrogens is 2. The molecule has 0 radical (unpaired) electrons. The van der Waals surface area contributed by atoms with Gasteiger partial charge < -0.3 is 4.98 Å². The Morgan fingerprint density at radius 1 is 1.00 bits per heavy atom. The molecule has 21 heavy (non-hydrogen) atoms. The van der Waals surface area contributed by atoms with Crippen LogP contribution in [0, 0.1) is 0 Å². The first kappa shape index (κ1) is 12.8. The van der Waals surface area contributed by atoms with Crippen molar-refractivity contribution in [3.63, 3.8) is 0 Å². The monoisotopic (exact) mass is 280 g/mol. The van der Waals surface area contributed by atoms with Gasteiger partial charge in [0, 0.05) is 17.5 Å². The summed E-state index contributed by atoms with van der Waals surface area (Å²) in [5, 5.41) is 0. The summed E-state index contributed by atoms with van der Waals surface area (Å²) in [6, 6.07) is 10.2. The van der Waals surface area contributed by atoms with Crippen molar-refractivity contribution in [2.75, 3.05) is 0 Å². The Bertz CT molecular complexity index is 709. The lowest BCUT2D eigenvalue weighted by atomic mass is 10.0. The van der Waals surface area contributed by atoms with Gasteiger partial charge in [-0.25, -0.2) is 4.98 Å². The van der Waals surface area contributed by atoms with Gasteiger partial charge in [-0.05, 0) is 43.2 Å². The Morgan fingerprint density at radius 3 is 2.57 bits per heavy atom. The molecule has 108 valence electrons. The molecule has 2 saturated carbocycles. The highest BCUT2D eigenvalue weighted by Gasteiger charge is 2.24. The number of nitrogens with one attached hydrogen (secondary N) is 1. The summed E-state index contributed by atoms with van der Waals surface area (Å²) in [7, 11) is 0. The van der Waals surface area contributed by atoms with Gasteiger partial charge >= 0.3 is 0 Å². The van der Waals surface area contributed by atoms with Crippen LogP contribution in [0.4, 0.5) is 0 Å². The second-order valence-corrected chi connectivity index (χ2v) is 6.40. The number of benzene rings is 1. The first-order valence-electron chi connectivity index (χ1n) is 8.01. The van der Waals surface area contributed by atoms with Crippen LogP contribution in [0.3, 0.4) is 0 Å². The summed E-state index contributed by atoms with van der Waals surface area (Å²) in [6.45, 7) is 0. The highest BCUT2D eigenvalue weighted by Crippen LogP contribution is 2.41. The minimum atomic E-state index is -0.0290. The highest BCUT2D eigenvalue weighted by molar-refractivity contribution is 5.56. The van der Waals surface area contributed by atoms with Gasteiger partial charge in [-0.3, -0.25) is 4.79 Å². The van der Waals surface area contributed by atoms with E-state index in [1.807, 2.05) is 6.07 Å². The van der Waals surface area contributed by atoms with Crippen molar-refractivity contribution in [2.45, 2.75) is 50.4 Å². The number of aromatic amines is 1. The van der Waals surface area contributed by atoms with Crippen molar-refractivity contribution in [1.82, 2.24) is 9.97 Å². The van der Waals surface area contributed by atoms with Crippen LogP contribution in [0.5, 0.6) is 0 Å². The number of nitrogens with zero attached hydrogens (tertiary/aromatic N) is 1. The van der Waals surface area contributed by atoms with Gasteiger partial charge in [-0.1, -0.05) is 31.0 Å². The van der Waals surface area contributed by atoms with Gasteiger partial charge in [-0.2, -0.15) is 0 Å². The second-order valence-electron chi connectivity index (χ2n) is 6.40. The maximum absolute atomic E-state index is 12.0. The van der Waals surface area contributed by atoms with E-state index in [0.29, 0.717) is 5.92 Å². The molecule has 2 aliphatic rings. The van der Waals surface area contributed by atoms with Crippen molar-refractivity contribution in [2.24, 2.45) is 0 Å². The molecular formula is C18H20N2O. The van der Waals surface area contributed by atoms with E-state index in [1.54, 1.807) is 6.07 Å². The summed E-state index contributed by atoms with van der Waals surface area (Å²) in [5.41, 5.74) is 3.36. The molecule has 3 nitrogen and oxygen atoms in total. The van der Waals surface area contributed by atoms with Crippen LogP contribution in [-0.4, -0.2) is 9.97 Å². The topological polar surface area (TPSA) is 45.8 Å². The molecule has 1 heterocycles. The smallest absolute Gasteiger partial charge is 0.251 e. The highest BCUT2D eigenvalue weighted by atomic mass is 16.1. The fourth-order valence-electron chi connectivity index (χ4n) is 3.40. The Hall–Kier alpha value is -1.90. The van der Waals surface area contributed by atoms with E-state index in [0.717, 1.165) is 35.8 Å². The predicted octanol–water partition coefficient (Wildman–Crippen LogP) is 3.97. The Kier molecular flexibility index (Phi) is 3.13. The molecule has 1 N–H and O–H groups in total. The van der Waals surface area contributed by atoms with Crippen LogP contribution in [0.25, 0.3) is 11.4 Å². The molecule has 2 aliphatic carbocycles. The molecule has 2 aromatic rings. The van der Waals surface area contributed by atoms with Crippen LogP contribution in [0.2, 0.25) is 0 Å². The molecule has 1 aromatic carbocycles. The van der Waals surface area contributed by atoms with Crippen molar-refractivity contribution in [1.29, 1.82) is 0 Å². The quantitative estimate of drug-likeness (QED) is 0.924. The largest absolute Gasteiger partial charge is 0.307 e. The minimum Gasteiger partial charge on any atom is -0.307 e. The minimum absolute atomic E-state index is 0.0290. The molecule has 0 amide bonds. The first-order chi connectivity index (χ1) is 10.3. The predicted molar refractivity (Wildman–Crippen MR) is 83.5 cm³/mol. The maximum Gasteiger partial charge on any atom is 0.251 e. The third-order valence-corrected chi connectivity index (χ3v) is 4.74. The van der Waals surface area contributed by atoms with E-state index in [1.165, 1.54) is 31.2 Å². The number of H-pyrrole nitrogens is 1. The average Bonchev–Trinajstić information content (AvgIpc) is 3.21. The molecule has 0 spiro atoms. The van der Waals surface area contributed by atoms with E-state index in [2.05, 4.69) is 23.2 Å². The van der Waals surface area contributed by atoms with E-state index < -0.39 is 0 Å². The van der Waals surface area contributed by atoms with Crippen LogP contribution < -0.4 is 5.56 Å². The Morgan fingerprint density at radius 2 is 1.81 bits per heavy atom. The van der Waals surface area contributed by atoms with E-state index in [4.69, 9.17) is 4.98 Å². The van der Waals surface area contributed by atoms with Gasteiger partial charge in [0.05, 0.1) is 5.69 Å². The number of rotatable bonds is 3. The Balaban J connectivity index is 1.73. The molecule has 4 rings (SSSR count). The summed E-state index contributed by atoms with van der Waals surface area (Å²) >= 11 is 0. The molecular weight excluding hydrogens is 260 g/mol. The maximum atomic E-state index is 12.0. The first-order valence-corrected chi connectivity index (χ1v) is 8.01. The summed E-state index contributed by atoms with van der Waals surface area (Å²) < 4.78 is 0. The lowest BCUT2D eigenvalue weighted by Crippen LogP contribution is -2.12. The van der Waals surface area contributed by atoms with Crippen molar-refractivity contribution >= 4 is 0 Å². The number of hydrogen-bond donors (Lipinski definition) is 1. The second kappa shape index (κ2) is 5.14. The van der Waals surface area contributed by atoms with Gasteiger partial charge in [-0.15, -0.1) is 0 Å². The van der Waals surface area contributed by atoms with Gasteiger partial charge in [0.1, 0.15) is 5.82 Å². The molecule has 0 unspecified atom stereocenters. The SMILES string of the molecule is O=c1cc(C2CCCC2)nc(-c2cccc(C3CC3)c2)[nH]1. The van der Waals surface area contributed by atoms with Gasteiger partial charge in [0.2, 0.25) is 0 Å². The van der Waals surface area contributed by atoms with Gasteiger partial charge in [0.15, 0.2) is 0 Å². The fourth-order valence-corrected chi connectivity index (χ4v) is 3.40. The molecule has 0 aliphatic heterocycles. The zero-order valence-corrected chi connectivity index (χ0v) is 12.1. The van der Waals surface area contributed by atoms with E-state index >= 15 is 0 Å². The zero-order valence-electron chi connectivity index (χ0n) is 12.1. The van der Waals surface area contributed by atoms with Crippen molar-refractivity contribution in [3.8, 4) is 11.4 Å². The van der Waals surface area contributed by atoms with E-state index in [-0.39, 0.29) is 5.56 Å². The molecule has 2 fully saturated rings. The normalized spacial score (nSPS) is 19.0. The Labute approximate surface area is 124 Å². The fraction of sp³-hybridized carbons (Fsp3) is 0.444. The van der Waals surface area contributed by atoms with E-state index in [9.17, 15) is 4.79 Å². The third-order valence-electron chi connectivity index (χ3n) is 4.74. The average molecular weight is 280 g/mol. The van der Waals surface area contributed by atoms with Crippen molar-refractivity contribution < 1.29 is 0 Å². The molecule has 3 heteroatoms. The lowest BCUT2D eigenvalue weighted by Gasteiger charge is -2.10. The summed E-state index contributed by atoms with van der Waals surface area (Å²) in [6.07, 6.45) is 7.42. The van der Waals surface area contributed by atoms with Crippen LogP contribution in [0.15, 0.2) is 35.1 Å². The molecule has 0 bridgehead atoms. The van der Waals surface area contributed by atoms with Crippen LogP contribution >= 0.6 is 0 Å². The standard InChI is InChI=1S/C18H20N2O/c21-17-11-16(13-4-1-2-5-13)19-18(20-17)15-7-3-6-14(10-15)12-8-9-12/h3,6-7,10-13H,1-2,4-5,8-9H2,(H,19,20,21). The van der Waals surface area contributed by atoms with Crippen LogP contribution in [-0.2, 0) is 0 Å². The summed E-state index contributed by atoms with van der Waals surface area (Å²) in [5.74, 6) is 1.92. The zero-order chi connectivity index (χ0) is 14.2. The summed E-state index contributed by atoms with van der Waals surface area (Å²) in [4.78, 5) is 19.6. The van der Waals surface area contributed by atoms with Crippen LogP contribution in [0.1, 0.15) is 61.6 Å². The lowest BCUT2D eigenvalue weighted by molar-refractivity contribution is 0.693. The molecule has 0 atom stereocenters. The third kappa shape index (κ3) is 2.65. The molecule has 1 aromatic heterocycles. The number of hydrogen-bond acceptors (Lipinski definition) is 2. The molecule has 0 saturated heterocycles. The van der Waals surface area contributed by atoms with Crippen molar-refractivity contribution in [3.05, 3.63) is 51.9 Å².